The molecule has 1 aromatic carbocycles. The number of benzene rings is 1. The van der Waals surface area contributed by atoms with E-state index < -0.39 is 10.0 Å². The van der Waals surface area contributed by atoms with Crippen molar-refractivity contribution in [3.05, 3.63) is 39.3 Å². The van der Waals surface area contributed by atoms with E-state index >= 15 is 0 Å². The lowest BCUT2D eigenvalue weighted by Gasteiger charge is -2.08. The van der Waals surface area contributed by atoms with E-state index in [1.807, 2.05) is 13.8 Å². The molecule has 2 aromatic rings. The Morgan fingerprint density at radius 2 is 2.13 bits per heavy atom. The van der Waals surface area contributed by atoms with Gasteiger partial charge >= 0.3 is 0 Å². The average Bonchev–Trinajstić information content (AvgIpc) is 2.99. The summed E-state index contributed by atoms with van der Waals surface area (Å²) >= 11 is 1.59. The first kappa shape index (κ1) is 16.1. The molecule has 0 spiro atoms. The third-order valence-electron chi connectivity index (χ3n) is 3.66. The van der Waals surface area contributed by atoms with Crippen LogP contribution < -0.4 is 10.0 Å². The number of nitrogens with one attached hydrogen (secondary N) is 2. The van der Waals surface area contributed by atoms with Crippen LogP contribution in [-0.2, 0) is 27.7 Å². The van der Waals surface area contributed by atoms with Crippen molar-refractivity contribution in [1.82, 2.24) is 9.71 Å². The molecule has 0 radical (unpaired) electrons. The van der Waals surface area contributed by atoms with Crippen LogP contribution in [-0.4, -0.2) is 25.9 Å². The molecule has 1 amide bonds. The first-order valence-electron chi connectivity index (χ1n) is 7.20. The summed E-state index contributed by atoms with van der Waals surface area (Å²) in [5, 5.41) is 3.67. The Morgan fingerprint density at radius 3 is 2.83 bits per heavy atom. The van der Waals surface area contributed by atoms with Crippen LogP contribution in [0.3, 0.4) is 0 Å². The Balaban J connectivity index is 1.69. The van der Waals surface area contributed by atoms with E-state index in [1.165, 1.54) is 6.07 Å². The van der Waals surface area contributed by atoms with E-state index in [9.17, 15) is 13.2 Å². The maximum Gasteiger partial charge on any atom is 0.240 e. The number of sulfonamides is 1. The molecule has 8 heteroatoms. The van der Waals surface area contributed by atoms with Crippen LogP contribution in [0.25, 0.3) is 0 Å². The second-order valence-corrected chi connectivity index (χ2v) is 8.49. The fraction of sp³-hybridized carbons (Fsp3) is 0.333. The van der Waals surface area contributed by atoms with Crippen LogP contribution in [0, 0.1) is 13.8 Å². The van der Waals surface area contributed by atoms with Crippen LogP contribution >= 0.6 is 11.3 Å². The van der Waals surface area contributed by atoms with Crippen LogP contribution in [0.5, 0.6) is 0 Å². The minimum absolute atomic E-state index is 0.112. The largest absolute Gasteiger partial charge is 0.326 e. The van der Waals surface area contributed by atoms with Gasteiger partial charge in [-0.3, -0.25) is 4.79 Å². The number of aryl methyl sites for hydroxylation is 2. The number of carbonyl (C=O) groups is 1. The summed E-state index contributed by atoms with van der Waals surface area (Å²) in [6.07, 6.45) is 0.833. The summed E-state index contributed by atoms with van der Waals surface area (Å²) in [5.74, 6) is -0.112. The minimum atomic E-state index is -3.58. The second-order valence-electron chi connectivity index (χ2n) is 5.43. The highest BCUT2D eigenvalue weighted by molar-refractivity contribution is 7.89. The zero-order valence-corrected chi connectivity index (χ0v) is 14.5. The molecule has 0 saturated carbocycles. The predicted octanol–water partition coefficient (Wildman–Crippen LogP) is 1.78. The number of fused-ring (bicyclic) bond motifs is 1. The smallest absolute Gasteiger partial charge is 0.240 e. The predicted molar refractivity (Wildman–Crippen MR) is 89.3 cm³/mol. The molecule has 0 atom stereocenters. The number of rotatable bonds is 5. The average molecular weight is 351 g/mol. The van der Waals surface area contributed by atoms with Crippen molar-refractivity contribution in [3.8, 4) is 0 Å². The first-order valence-corrected chi connectivity index (χ1v) is 9.50. The molecule has 23 heavy (non-hydrogen) atoms. The number of hydrogen-bond donors (Lipinski definition) is 2. The molecular weight excluding hydrogens is 334 g/mol. The van der Waals surface area contributed by atoms with E-state index in [1.54, 1.807) is 23.5 Å². The molecule has 1 aliphatic rings. The molecule has 0 saturated heterocycles. The molecule has 0 bridgehead atoms. The van der Waals surface area contributed by atoms with Crippen molar-refractivity contribution < 1.29 is 13.2 Å². The summed E-state index contributed by atoms with van der Waals surface area (Å²) in [7, 11) is -3.58. The standard InChI is InChI=1S/C15H17N3O3S2/c1-9-14(22-10(2)17-9)5-6-16-23(20,21)12-3-4-13-11(7-12)8-15(19)18-13/h3-4,7,16H,5-6,8H2,1-2H3,(H,18,19). The SMILES string of the molecule is Cc1nc(C)c(CCNS(=O)(=O)c2ccc3c(c2)CC(=O)N3)s1. The van der Waals surface area contributed by atoms with Gasteiger partial charge < -0.3 is 5.32 Å². The molecule has 6 nitrogen and oxygen atoms in total. The summed E-state index contributed by atoms with van der Waals surface area (Å²) in [6, 6.07) is 4.69. The highest BCUT2D eigenvalue weighted by atomic mass is 32.2. The monoisotopic (exact) mass is 351 g/mol. The number of amides is 1. The first-order chi connectivity index (χ1) is 10.8. The number of anilines is 1. The van der Waals surface area contributed by atoms with E-state index in [0.717, 1.165) is 15.6 Å². The van der Waals surface area contributed by atoms with Gasteiger partial charge in [0.15, 0.2) is 0 Å². The van der Waals surface area contributed by atoms with Crippen LogP contribution in [0.1, 0.15) is 21.1 Å². The lowest BCUT2D eigenvalue weighted by molar-refractivity contribution is -0.115. The molecule has 3 rings (SSSR count). The van der Waals surface area contributed by atoms with Crippen molar-refractivity contribution in [2.45, 2.75) is 31.6 Å². The Kier molecular flexibility index (Phi) is 4.22. The van der Waals surface area contributed by atoms with Gasteiger partial charge in [-0.15, -0.1) is 11.3 Å². The van der Waals surface area contributed by atoms with Gasteiger partial charge in [-0.05, 0) is 44.0 Å². The van der Waals surface area contributed by atoms with Crippen molar-refractivity contribution in [1.29, 1.82) is 0 Å². The summed E-state index contributed by atoms with van der Waals surface area (Å²) in [6.45, 7) is 4.18. The van der Waals surface area contributed by atoms with Gasteiger partial charge in [0, 0.05) is 17.1 Å². The Hall–Kier alpha value is -1.77. The fourth-order valence-corrected chi connectivity index (χ4v) is 4.58. The highest BCUT2D eigenvalue weighted by Gasteiger charge is 2.21. The molecule has 2 N–H and O–H groups in total. The van der Waals surface area contributed by atoms with Crippen molar-refractivity contribution in [3.63, 3.8) is 0 Å². The summed E-state index contributed by atoms with van der Waals surface area (Å²) in [4.78, 5) is 17.0. The zero-order chi connectivity index (χ0) is 16.6. The van der Waals surface area contributed by atoms with Crippen molar-refractivity contribution in [2.75, 3.05) is 11.9 Å². The third-order valence-corrected chi connectivity index (χ3v) is 6.25. The van der Waals surface area contributed by atoms with Gasteiger partial charge in [-0.1, -0.05) is 0 Å². The maximum absolute atomic E-state index is 12.4. The molecular formula is C15H17N3O3S2. The van der Waals surface area contributed by atoms with Crippen molar-refractivity contribution >= 4 is 33.0 Å². The van der Waals surface area contributed by atoms with E-state index in [-0.39, 0.29) is 17.2 Å². The van der Waals surface area contributed by atoms with Gasteiger partial charge in [0.2, 0.25) is 15.9 Å². The summed E-state index contributed by atoms with van der Waals surface area (Å²) in [5.41, 5.74) is 2.35. The molecule has 1 aromatic heterocycles. The number of hydrogen-bond acceptors (Lipinski definition) is 5. The minimum Gasteiger partial charge on any atom is -0.326 e. The molecule has 0 aliphatic carbocycles. The topological polar surface area (TPSA) is 88.2 Å². The molecule has 0 unspecified atom stereocenters. The van der Waals surface area contributed by atoms with E-state index in [2.05, 4.69) is 15.0 Å². The zero-order valence-electron chi connectivity index (χ0n) is 12.8. The normalized spacial score (nSPS) is 13.9. The van der Waals surface area contributed by atoms with Gasteiger partial charge in [0.05, 0.1) is 22.0 Å². The number of nitrogens with zero attached hydrogens (tertiary/aromatic N) is 1. The number of carbonyl (C=O) groups excluding carboxylic acids is 1. The molecule has 2 heterocycles. The maximum atomic E-state index is 12.4. The van der Waals surface area contributed by atoms with Crippen LogP contribution in [0.15, 0.2) is 23.1 Å². The van der Waals surface area contributed by atoms with Gasteiger partial charge in [0.1, 0.15) is 0 Å². The summed E-state index contributed by atoms with van der Waals surface area (Å²) < 4.78 is 27.3. The van der Waals surface area contributed by atoms with Gasteiger partial charge in [-0.2, -0.15) is 0 Å². The van der Waals surface area contributed by atoms with Crippen LogP contribution in [0.4, 0.5) is 5.69 Å². The lowest BCUT2D eigenvalue weighted by atomic mass is 10.2. The highest BCUT2D eigenvalue weighted by Crippen LogP contribution is 2.25. The Labute approximate surface area is 139 Å². The molecule has 1 aliphatic heterocycles. The fourth-order valence-electron chi connectivity index (χ4n) is 2.56. The van der Waals surface area contributed by atoms with E-state index in [4.69, 9.17) is 0 Å². The number of aromatic nitrogens is 1. The van der Waals surface area contributed by atoms with Crippen molar-refractivity contribution in [2.24, 2.45) is 0 Å². The number of thiazole rings is 1. The van der Waals surface area contributed by atoms with Crippen LogP contribution in [0.2, 0.25) is 0 Å². The molecule has 122 valence electrons. The third kappa shape index (κ3) is 3.44. The van der Waals surface area contributed by atoms with Gasteiger partial charge in [0.25, 0.3) is 0 Å². The van der Waals surface area contributed by atoms with E-state index in [0.29, 0.717) is 24.2 Å². The molecule has 0 fully saturated rings. The quantitative estimate of drug-likeness (QED) is 0.859. The lowest BCUT2D eigenvalue weighted by Crippen LogP contribution is -2.26. The Bertz CT molecular complexity index is 872. The second kappa shape index (κ2) is 6.03. The van der Waals surface area contributed by atoms with Gasteiger partial charge in [-0.25, -0.2) is 18.1 Å². The Morgan fingerprint density at radius 1 is 1.35 bits per heavy atom.